The first-order valence-electron chi connectivity index (χ1n) is 8.16. The predicted molar refractivity (Wildman–Crippen MR) is 108 cm³/mol. The number of thiophene rings is 1. The molecule has 0 saturated heterocycles. The Kier molecular flexibility index (Phi) is 2.91. The monoisotopic (exact) mass is 344 g/mol. The van der Waals surface area contributed by atoms with E-state index >= 15 is 0 Å². The Morgan fingerprint density at radius 3 is 2.72 bits per heavy atom. The molecule has 3 aromatic heterocycles. The number of aliphatic imine (C=N–C) groups is 1. The van der Waals surface area contributed by atoms with Gasteiger partial charge in [0.25, 0.3) is 0 Å². The maximum atomic E-state index is 4.88. The van der Waals surface area contributed by atoms with Gasteiger partial charge in [-0.3, -0.25) is 9.39 Å². The summed E-state index contributed by atoms with van der Waals surface area (Å²) in [5, 5.41) is 1.15. The van der Waals surface area contributed by atoms with Crippen molar-refractivity contribution in [2.75, 3.05) is 0 Å². The molecule has 0 amide bonds. The average molecular weight is 344 g/mol. The first-order valence-corrected chi connectivity index (χ1v) is 8.98. The van der Waals surface area contributed by atoms with E-state index in [9.17, 15) is 0 Å². The standard InChI is InChI=1S/C20H16N4S/c1-4-16-17(21-5-2)12-10-11-13-18(19(12)25-16)24-15-9-7-6-8-14(15)23(3)20(24)22-13/h4-11H,1H2,2-3H3/b21-5-. The summed E-state index contributed by atoms with van der Waals surface area (Å²) < 4.78 is 5.61. The third-order valence-electron chi connectivity index (χ3n) is 4.68. The van der Waals surface area contributed by atoms with Gasteiger partial charge in [-0.05, 0) is 37.3 Å². The molecule has 3 heterocycles. The van der Waals surface area contributed by atoms with E-state index in [2.05, 4.69) is 64.0 Å². The van der Waals surface area contributed by atoms with Gasteiger partial charge in [-0.1, -0.05) is 18.7 Å². The van der Waals surface area contributed by atoms with Crippen LogP contribution in [0.15, 0.2) is 48.0 Å². The molecule has 5 heteroatoms. The van der Waals surface area contributed by atoms with Crippen LogP contribution in [0, 0.1) is 0 Å². The Morgan fingerprint density at radius 1 is 1.16 bits per heavy atom. The molecule has 0 saturated carbocycles. The van der Waals surface area contributed by atoms with Crippen LogP contribution in [0.5, 0.6) is 0 Å². The molecule has 0 aliphatic rings. The number of imidazole rings is 2. The molecule has 0 aliphatic heterocycles. The van der Waals surface area contributed by atoms with E-state index in [4.69, 9.17) is 4.98 Å². The molecule has 4 nitrogen and oxygen atoms in total. The lowest BCUT2D eigenvalue weighted by Gasteiger charge is -1.97. The van der Waals surface area contributed by atoms with Crippen molar-refractivity contribution in [3.8, 4) is 0 Å². The highest BCUT2D eigenvalue weighted by Gasteiger charge is 2.19. The molecule has 5 rings (SSSR count). The van der Waals surface area contributed by atoms with E-state index in [0.717, 1.165) is 32.8 Å². The van der Waals surface area contributed by atoms with Crippen molar-refractivity contribution in [1.82, 2.24) is 14.0 Å². The van der Waals surface area contributed by atoms with Crippen molar-refractivity contribution < 1.29 is 0 Å². The fraction of sp³-hybridized carbons (Fsp3) is 0.100. The smallest absolute Gasteiger partial charge is 0.215 e. The van der Waals surface area contributed by atoms with Gasteiger partial charge in [-0.15, -0.1) is 11.3 Å². The van der Waals surface area contributed by atoms with Gasteiger partial charge in [-0.2, -0.15) is 0 Å². The Hall–Kier alpha value is -2.92. The van der Waals surface area contributed by atoms with E-state index in [-0.39, 0.29) is 0 Å². The van der Waals surface area contributed by atoms with Crippen molar-refractivity contribution >= 4 is 67.2 Å². The maximum absolute atomic E-state index is 4.88. The van der Waals surface area contributed by atoms with Crippen LogP contribution < -0.4 is 0 Å². The van der Waals surface area contributed by atoms with Crippen LogP contribution >= 0.6 is 11.3 Å². The zero-order chi connectivity index (χ0) is 17.1. The molecule has 0 N–H and O–H groups in total. The summed E-state index contributed by atoms with van der Waals surface area (Å²) in [4.78, 5) is 10.6. The molecule has 2 aromatic carbocycles. The molecule has 5 aromatic rings. The van der Waals surface area contributed by atoms with Crippen molar-refractivity contribution in [3.63, 3.8) is 0 Å². The van der Waals surface area contributed by atoms with Gasteiger partial charge in [0.2, 0.25) is 5.78 Å². The minimum atomic E-state index is 0.956. The highest BCUT2D eigenvalue weighted by molar-refractivity contribution is 7.21. The molecule has 0 radical (unpaired) electrons. The maximum Gasteiger partial charge on any atom is 0.215 e. The second-order valence-corrected chi connectivity index (χ2v) is 7.06. The average Bonchev–Trinajstić information content (AvgIpc) is 3.26. The number of aromatic nitrogens is 3. The molecule has 0 atom stereocenters. The molecule has 0 fully saturated rings. The SMILES string of the molecule is C=Cc1sc2c(ccc3nc4n(C)c5ccccc5n4c32)c1/N=C\C. The van der Waals surface area contributed by atoms with E-state index in [1.165, 1.54) is 15.7 Å². The second-order valence-electron chi connectivity index (χ2n) is 6.01. The van der Waals surface area contributed by atoms with Gasteiger partial charge in [0.1, 0.15) is 0 Å². The van der Waals surface area contributed by atoms with Gasteiger partial charge in [-0.25, -0.2) is 4.98 Å². The van der Waals surface area contributed by atoms with Crippen LogP contribution in [0.4, 0.5) is 5.69 Å². The van der Waals surface area contributed by atoms with Crippen molar-refractivity contribution in [3.05, 3.63) is 47.9 Å². The molecule has 0 aliphatic carbocycles. The highest BCUT2D eigenvalue weighted by Crippen LogP contribution is 2.43. The van der Waals surface area contributed by atoms with Crippen molar-refractivity contribution in [1.29, 1.82) is 0 Å². The Bertz CT molecular complexity index is 1330. The summed E-state index contributed by atoms with van der Waals surface area (Å²) >= 11 is 1.73. The summed E-state index contributed by atoms with van der Waals surface area (Å²) in [6, 6.07) is 12.6. The fourth-order valence-corrected chi connectivity index (χ4v) is 4.73. The van der Waals surface area contributed by atoms with Gasteiger partial charge >= 0.3 is 0 Å². The van der Waals surface area contributed by atoms with Crippen LogP contribution in [-0.4, -0.2) is 20.2 Å². The van der Waals surface area contributed by atoms with E-state index < -0.39 is 0 Å². The number of aryl methyl sites for hydroxylation is 1. The lowest BCUT2D eigenvalue weighted by Crippen LogP contribution is -1.87. The molecule has 0 bridgehead atoms. The van der Waals surface area contributed by atoms with Gasteiger partial charge < -0.3 is 4.57 Å². The Balaban J connectivity index is 2.08. The Morgan fingerprint density at radius 2 is 1.96 bits per heavy atom. The number of para-hydroxylation sites is 2. The summed E-state index contributed by atoms with van der Waals surface area (Å²) in [6.45, 7) is 5.90. The number of nitrogens with zero attached hydrogens (tertiary/aromatic N) is 4. The van der Waals surface area contributed by atoms with Crippen LogP contribution in [0.1, 0.15) is 11.8 Å². The van der Waals surface area contributed by atoms with Crippen LogP contribution in [-0.2, 0) is 7.05 Å². The van der Waals surface area contributed by atoms with E-state index in [1.54, 1.807) is 11.3 Å². The molecular weight excluding hydrogens is 328 g/mol. The van der Waals surface area contributed by atoms with Crippen LogP contribution in [0.2, 0.25) is 0 Å². The summed E-state index contributed by atoms with van der Waals surface area (Å²) in [5.74, 6) is 0.956. The summed E-state index contributed by atoms with van der Waals surface area (Å²) in [6.07, 6.45) is 3.72. The minimum Gasteiger partial charge on any atom is -0.313 e. The quantitative estimate of drug-likeness (QED) is 0.386. The third kappa shape index (κ3) is 1.76. The fourth-order valence-electron chi connectivity index (χ4n) is 3.60. The first-order chi connectivity index (χ1) is 12.2. The molecule has 0 unspecified atom stereocenters. The van der Waals surface area contributed by atoms with E-state index in [0.29, 0.717) is 0 Å². The van der Waals surface area contributed by atoms with Crippen molar-refractivity contribution in [2.45, 2.75) is 6.92 Å². The molecular formula is C20H16N4S. The minimum absolute atomic E-state index is 0.956. The normalized spacial score (nSPS) is 12.4. The van der Waals surface area contributed by atoms with Crippen LogP contribution in [0.25, 0.3) is 44.0 Å². The zero-order valence-electron chi connectivity index (χ0n) is 14.0. The first kappa shape index (κ1) is 14.4. The zero-order valence-corrected chi connectivity index (χ0v) is 14.8. The van der Waals surface area contributed by atoms with Crippen molar-refractivity contribution in [2.24, 2.45) is 12.0 Å². The number of rotatable bonds is 2. The Labute approximate surface area is 148 Å². The summed E-state index contributed by atoms with van der Waals surface area (Å²) in [5.41, 5.74) is 5.50. The number of hydrogen-bond donors (Lipinski definition) is 0. The van der Waals surface area contributed by atoms with E-state index in [1.807, 2.05) is 19.2 Å². The number of benzene rings is 2. The number of hydrogen-bond acceptors (Lipinski definition) is 3. The highest BCUT2D eigenvalue weighted by atomic mass is 32.1. The van der Waals surface area contributed by atoms with Gasteiger partial charge in [0.15, 0.2) is 0 Å². The number of fused-ring (bicyclic) bond motifs is 7. The molecule has 0 spiro atoms. The van der Waals surface area contributed by atoms with Crippen LogP contribution in [0.3, 0.4) is 0 Å². The molecule has 122 valence electrons. The third-order valence-corrected chi connectivity index (χ3v) is 5.88. The summed E-state index contributed by atoms with van der Waals surface area (Å²) in [7, 11) is 2.07. The largest absolute Gasteiger partial charge is 0.313 e. The topological polar surface area (TPSA) is 34.6 Å². The second kappa shape index (κ2) is 5.04. The lowest BCUT2D eigenvalue weighted by molar-refractivity contribution is 0.974. The van der Waals surface area contributed by atoms with Gasteiger partial charge in [0, 0.05) is 18.6 Å². The lowest BCUT2D eigenvalue weighted by atomic mass is 10.2. The predicted octanol–water partition coefficient (Wildman–Crippen LogP) is 5.56. The molecule has 25 heavy (non-hydrogen) atoms. The van der Waals surface area contributed by atoms with Gasteiger partial charge in [0.05, 0.1) is 37.3 Å².